The number of anilines is 1. The van der Waals surface area contributed by atoms with Crippen molar-refractivity contribution in [1.29, 1.82) is 5.26 Å². The molecule has 0 atom stereocenters. The van der Waals surface area contributed by atoms with Crippen LogP contribution in [0.5, 0.6) is 11.5 Å². The molecular formula is C25H28N2O3S2. The molecule has 1 N–H and O–H groups in total. The summed E-state index contributed by atoms with van der Waals surface area (Å²) in [5.74, 6) is 1.56. The number of amides is 1. The van der Waals surface area contributed by atoms with E-state index in [4.69, 9.17) is 21.7 Å². The van der Waals surface area contributed by atoms with Crippen molar-refractivity contribution in [1.82, 2.24) is 0 Å². The van der Waals surface area contributed by atoms with Crippen LogP contribution in [-0.4, -0.2) is 19.6 Å². The van der Waals surface area contributed by atoms with E-state index in [2.05, 4.69) is 25.2 Å². The molecule has 0 saturated heterocycles. The molecule has 168 valence electrons. The summed E-state index contributed by atoms with van der Waals surface area (Å²) in [4.78, 5) is 12.6. The number of fused-ring (bicyclic) bond motifs is 1. The number of carbonyl (C=O) groups excluding carboxylic acids is 1. The standard InChI is InChI=1S/C25H28N2O3S2/c1-16(2)12-13-30-21-10-8-17(14-22(21)29-3)9-11-23(28)27-24-20(15-26)18-6-4-5-7-19(18)25(31)32-24/h8-11,14,16H,4-7,12-13H2,1-3H3,(H,27,28)/b11-9+. The number of rotatable bonds is 8. The Labute approximate surface area is 198 Å². The molecule has 5 nitrogen and oxygen atoms in total. The smallest absolute Gasteiger partial charge is 0.249 e. The lowest BCUT2D eigenvalue weighted by Crippen LogP contribution is -2.12. The minimum absolute atomic E-state index is 0.306. The highest BCUT2D eigenvalue weighted by atomic mass is 32.1. The Morgan fingerprint density at radius 3 is 2.72 bits per heavy atom. The number of ether oxygens (including phenoxy) is 2. The van der Waals surface area contributed by atoms with Gasteiger partial charge in [0.15, 0.2) is 11.5 Å². The predicted molar refractivity (Wildman–Crippen MR) is 132 cm³/mol. The molecular weight excluding hydrogens is 440 g/mol. The van der Waals surface area contributed by atoms with Crippen LogP contribution in [-0.2, 0) is 17.6 Å². The van der Waals surface area contributed by atoms with Gasteiger partial charge in [-0.1, -0.05) is 32.1 Å². The normalized spacial score (nSPS) is 13.0. The van der Waals surface area contributed by atoms with Crippen molar-refractivity contribution in [2.75, 3.05) is 19.0 Å². The second-order valence-corrected chi connectivity index (χ2v) is 9.82. The average molecular weight is 469 g/mol. The highest BCUT2D eigenvalue weighted by Crippen LogP contribution is 2.34. The molecule has 1 amide bonds. The molecule has 0 unspecified atom stereocenters. The van der Waals surface area contributed by atoms with Crippen LogP contribution >= 0.6 is 23.6 Å². The summed E-state index contributed by atoms with van der Waals surface area (Å²) in [6.07, 6.45) is 7.99. The van der Waals surface area contributed by atoms with E-state index in [1.54, 1.807) is 13.2 Å². The van der Waals surface area contributed by atoms with Gasteiger partial charge in [-0.25, -0.2) is 0 Å². The number of carbonyl (C=O) groups is 1. The highest BCUT2D eigenvalue weighted by Gasteiger charge is 2.19. The third-order valence-electron chi connectivity index (χ3n) is 5.35. The molecule has 0 radical (unpaired) electrons. The van der Waals surface area contributed by atoms with Crippen LogP contribution in [0, 0.1) is 21.1 Å². The highest BCUT2D eigenvalue weighted by molar-refractivity contribution is 7.73. The Kier molecular flexibility index (Phi) is 8.43. The van der Waals surface area contributed by atoms with E-state index in [1.807, 2.05) is 18.2 Å². The second-order valence-electron chi connectivity index (χ2n) is 8.13. The van der Waals surface area contributed by atoms with E-state index in [1.165, 1.54) is 17.4 Å². The average Bonchev–Trinajstić information content (AvgIpc) is 2.78. The first-order valence-electron chi connectivity index (χ1n) is 10.8. The zero-order valence-electron chi connectivity index (χ0n) is 18.7. The molecule has 0 bridgehead atoms. The molecule has 1 aromatic carbocycles. The topological polar surface area (TPSA) is 71.3 Å². The first-order valence-corrected chi connectivity index (χ1v) is 12.0. The van der Waals surface area contributed by atoms with Crippen LogP contribution in [0.3, 0.4) is 0 Å². The summed E-state index contributed by atoms with van der Waals surface area (Å²) in [5.41, 5.74) is 3.46. The predicted octanol–water partition coefficient (Wildman–Crippen LogP) is 6.31. The summed E-state index contributed by atoms with van der Waals surface area (Å²) in [7, 11) is 1.60. The summed E-state index contributed by atoms with van der Waals surface area (Å²) < 4.78 is 12.0. The van der Waals surface area contributed by atoms with E-state index < -0.39 is 0 Å². The summed E-state index contributed by atoms with van der Waals surface area (Å²) in [6.45, 7) is 4.93. The van der Waals surface area contributed by atoms with E-state index in [0.717, 1.165) is 52.6 Å². The summed E-state index contributed by atoms with van der Waals surface area (Å²) >= 11 is 6.83. The molecule has 0 spiro atoms. The largest absolute Gasteiger partial charge is 0.493 e. The molecule has 1 heterocycles. The molecule has 1 aromatic heterocycles. The third-order valence-corrected chi connectivity index (χ3v) is 6.79. The maximum atomic E-state index is 12.6. The van der Waals surface area contributed by atoms with Gasteiger partial charge in [0.05, 0.1) is 23.1 Å². The first kappa shape index (κ1) is 24.0. The van der Waals surface area contributed by atoms with Crippen molar-refractivity contribution in [2.24, 2.45) is 5.92 Å². The molecule has 1 aliphatic carbocycles. The Hall–Kier alpha value is -2.69. The van der Waals surface area contributed by atoms with Crippen molar-refractivity contribution in [3.63, 3.8) is 0 Å². The van der Waals surface area contributed by atoms with Gasteiger partial charge in [0.1, 0.15) is 11.1 Å². The Bertz CT molecular complexity index is 1110. The minimum atomic E-state index is -0.306. The fourth-order valence-corrected chi connectivity index (χ4v) is 5.02. The van der Waals surface area contributed by atoms with Crippen LogP contribution in [0.4, 0.5) is 5.00 Å². The van der Waals surface area contributed by atoms with Crippen molar-refractivity contribution in [3.05, 3.63) is 50.4 Å². The van der Waals surface area contributed by atoms with Gasteiger partial charge in [0.25, 0.3) is 0 Å². The van der Waals surface area contributed by atoms with Crippen LogP contribution in [0.1, 0.15) is 55.4 Å². The quantitative estimate of drug-likeness (QED) is 0.363. The lowest BCUT2D eigenvalue weighted by Gasteiger charge is -2.18. The van der Waals surface area contributed by atoms with E-state index in [-0.39, 0.29) is 5.91 Å². The van der Waals surface area contributed by atoms with Gasteiger partial charge in [-0.3, -0.25) is 4.79 Å². The fourth-order valence-electron chi connectivity index (χ4n) is 3.59. The summed E-state index contributed by atoms with van der Waals surface area (Å²) in [6, 6.07) is 7.82. The number of hydrogen-bond acceptors (Lipinski definition) is 6. The van der Waals surface area contributed by atoms with Crippen molar-refractivity contribution < 1.29 is 14.3 Å². The molecule has 1 aliphatic rings. The van der Waals surface area contributed by atoms with Gasteiger partial charge >= 0.3 is 0 Å². The number of benzene rings is 1. The zero-order valence-corrected chi connectivity index (χ0v) is 20.3. The molecule has 32 heavy (non-hydrogen) atoms. The first-order chi connectivity index (χ1) is 15.4. The lowest BCUT2D eigenvalue weighted by atomic mass is 9.91. The molecule has 3 rings (SSSR count). The monoisotopic (exact) mass is 468 g/mol. The van der Waals surface area contributed by atoms with Crippen LogP contribution in [0.15, 0.2) is 24.3 Å². The van der Waals surface area contributed by atoms with Gasteiger partial charge in [0, 0.05) is 6.08 Å². The van der Waals surface area contributed by atoms with E-state index in [0.29, 0.717) is 34.6 Å². The van der Waals surface area contributed by atoms with Gasteiger partial charge in [-0.2, -0.15) is 5.26 Å². The number of hydrogen-bond donors (Lipinski definition) is 1. The Balaban J connectivity index is 1.73. The van der Waals surface area contributed by atoms with E-state index >= 15 is 0 Å². The maximum absolute atomic E-state index is 12.6. The van der Waals surface area contributed by atoms with Crippen LogP contribution in [0.2, 0.25) is 0 Å². The van der Waals surface area contributed by atoms with Gasteiger partial charge in [-0.15, -0.1) is 11.3 Å². The van der Waals surface area contributed by atoms with Crippen LogP contribution in [0.25, 0.3) is 6.08 Å². The molecule has 0 saturated carbocycles. The zero-order chi connectivity index (χ0) is 23.1. The van der Waals surface area contributed by atoms with Gasteiger partial charge in [0.2, 0.25) is 5.91 Å². The number of methoxy groups -OCH3 is 1. The molecule has 7 heteroatoms. The number of nitriles is 1. The van der Waals surface area contributed by atoms with Gasteiger partial charge in [-0.05, 0) is 72.9 Å². The Morgan fingerprint density at radius 2 is 2.03 bits per heavy atom. The van der Waals surface area contributed by atoms with Crippen molar-refractivity contribution in [3.8, 4) is 17.6 Å². The molecule has 0 fully saturated rings. The lowest BCUT2D eigenvalue weighted by molar-refractivity contribution is -0.111. The SMILES string of the molecule is COc1cc(/C=C/C(=O)Nc2sc(=S)c3c(c2C#N)CCCC3)ccc1OCCC(C)C. The van der Waals surface area contributed by atoms with E-state index in [9.17, 15) is 10.1 Å². The number of nitrogens with one attached hydrogen (secondary N) is 1. The van der Waals surface area contributed by atoms with Crippen molar-refractivity contribution in [2.45, 2.75) is 46.0 Å². The third kappa shape index (κ3) is 5.96. The second kappa shape index (κ2) is 11.3. The van der Waals surface area contributed by atoms with Crippen molar-refractivity contribution >= 4 is 40.5 Å². The summed E-state index contributed by atoms with van der Waals surface area (Å²) in [5, 5.41) is 13.1. The maximum Gasteiger partial charge on any atom is 0.249 e. The molecule has 0 aliphatic heterocycles. The molecule has 2 aromatic rings. The van der Waals surface area contributed by atoms with Crippen LogP contribution < -0.4 is 14.8 Å². The fraction of sp³-hybridized carbons (Fsp3) is 0.400. The number of nitrogens with zero attached hydrogens (tertiary/aromatic N) is 1. The van der Waals surface area contributed by atoms with Gasteiger partial charge < -0.3 is 14.8 Å². The Morgan fingerprint density at radius 1 is 1.28 bits per heavy atom. The minimum Gasteiger partial charge on any atom is -0.493 e.